The Bertz CT molecular complexity index is 907. The molecule has 9 heteroatoms. The molecular weight excluding hydrogens is 342 g/mol. The Morgan fingerprint density at radius 1 is 0.960 bits per heavy atom. The first-order valence-electron chi connectivity index (χ1n) is 7.15. The number of aromatic nitrogens is 3. The number of ether oxygens (including phenoxy) is 1. The van der Waals surface area contributed by atoms with Crippen molar-refractivity contribution in [3.05, 3.63) is 63.6 Å². The molecule has 1 aromatic carbocycles. The molecule has 0 atom stereocenters. The number of benzene rings is 1. The predicted octanol–water partition coefficient (Wildman–Crippen LogP) is 1.69. The number of rotatable bonds is 5. The Morgan fingerprint density at radius 3 is 2.28 bits per heavy atom. The maximum Gasteiger partial charge on any atom is 0.339 e. The van der Waals surface area contributed by atoms with Crippen LogP contribution in [0.2, 0.25) is 0 Å². The lowest BCUT2D eigenvalue weighted by molar-refractivity contribution is 0.0459. The van der Waals surface area contributed by atoms with E-state index in [4.69, 9.17) is 16.2 Å². The number of carbonyl (C=O) groups excluding carboxylic acids is 2. The second-order valence-corrected chi connectivity index (χ2v) is 5.84. The molecular formula is C16H13N5O3S. The number of nitrogen functional groups attached to an aromatic ring is 2. The van der Waals surface area contributed by atoms with Gasteiger partial charge in [-0.15, -0.1) is 11.3 Å². The van der Waals surface area contributed by atoms with Crippen molar-refractivity contribution in [1.82, 2.24) is 15.0 Å². The number of hydrogen-bond donors (Lipinski definition) is 2. The van der Waals surface area contributed by atoms with Crippen LogP contribution in [0.25, 0.3) is 0 Å². The summed E-state index contributed by atoms with van der Waals surface area (Å²) in [6.07, 6.45) is 0. The lowest BCUT2D eigenvalue weighted by Gasteiger charge is -2.08. The molecule has 0 aliphatic rings. The van der Waals surface area contributed by atoms with Crippen LogP contribution < -0.4 is 11.5 Å². The third-order valence-corrected chi connectivity index (χ3v) is 4.05. The molecule has 126 valence electrons. The summed E-state index contributed by atoms with van der Waals surface area (Å²) >= 11 is 1.30. The number of hydrogen-bond acceptors (Lipinski definition) is 9. The molecule has 25 heavy (non-hydrogen) atoms. The molecule has 0 bridgehead atoms. The van der Waals surface area contributed by atoms with E-state index in [0.717, 1.165) is 0 Å². The minimum Gasteiger partial charge on any atom is -0.454 e. The second-order valence-electron chi connectivity index (χ2n) is 4.90. The maximum atomic E-state index is 12.5. The topological polar surface area (TPSA) is 134 Å². The smallest absolute Gasteiger partial charge is 0.339 e. The lowest BCUT2D eigenvalue weighted by atomic mass is 10.0. The maximum absolute atomic E-state index is 12.5. The number of anilines is 2. The monoisotopic (exact) mass is 355 g/mol. The van der Waals surface area contributed by atoms with E-state index in [0.29, 0.717) is 4.88 Å². The van der Waals surface area contributed by atoms with Gasteiger partial charge in [-0.25, -0.2) is 4.79 Å². The Hall–Kier alpha value is -3.33. The average molecular weight is 355 g/mol. The highest BCUT2D eigenvalue weighted by molar-refractivity contribution is 7.12. The first kappa shape index (κ1) is 16.5. The normalized spacial score (nSPS) is 10.4. The summed E-state index contributed by atoms with van der Waals surface area (Å²) in [5, 5.41) is 1.80. The number of carbonyl (C=O) groups is 2. The van der Waals surface area contributed by atoms with E-state index in [1.165, 1.54) is 17.4 Å². The molecule has 3 aromatic rings. The SMILES string of the molecule is Nc1nc(N)nc(COC(=O)c2ccccc2C(=O)c2cccs2)n1. The molecule has 4 N–H and O–H groups in total. The van der Waals surface area contributed by atoms with Crippen LogP contribution in [-0.4, -0.2) is 26.7 Å². The highest BCUT2D eigenvalue weighted by atomic mass is 32.1. The Balaban J connectivity index is 1.79. The van der Waals surface area contributed by atoms with Crippen LogP contribution in [0, 0.1) is 0 Å². The zero-order valence-corrected chi connectivity index (χ0v) is 13.7. The number of thiophene rings is 1. The molecule has 0 saturated heterocycles. The summed E-state index contributed by atoms with van der Waals surface area (Å²) in [7, 11) is 0. The van der Waals surface area contributed by atoms with Crippen LogP contribution in [0.4, 0.5) is 11.9 Å². The quantitative estimate of drug-likeness (QED) is 0.521. The third-order valence-electron chi connectivity index (χ3n) is 3.19. The van der Waals surface area contributed by atoms with Crippen LogP contribution >= 0.6 is 11.3 Å². The molecule has 0 aliphatic carbocycles. The highest BCUT2D eigenvalue weighted by Crippen LogP contribution is 2.19. The van der Waals surface area contributed by atoms with E-state index in [9.17, 15) is 9.59 Å². The van der Waals surface area contributed by atoms with E-state index >= 15 is 0 Å². The van der Waals surface area contributed by atoms with Gasteiger partial charge in [-0.2, -0.15) is 15.0 Å². The van der Waals surface area contributed by atoms with Crippen LogP contribution in [0.3, 0.4) is 0 Å². The first-order chi connectivity index (χ1) is 12.0. The van der Waals surface area contributed by atoms with Gasteiger partial charge in [0.2, 0.25) is 17.7 Å². The van der Waals surface area contributed by atoms with E-state index < -0.39 is 5.97 Å². The van der Waals surface area contributed by atoms with Gasteiger partial charge >= 0.3 is 5.97 Å². The summed E-state index contributed by atoms with van der Waals surface area (Å²) < 4.78 is 5.18. The van der Waals surface area contributed by atoms with Crippen molar-refractivity contribution in [2.75, 3.05) is 11.5 Å². The molecule has 0 spiro atoms. The fourth-order valence-electron chi connectivity index (χ4n) is 2.13. The Labute approximate surface area is 146 Å². The number of ketones is 1. The summed E-state index contributed by atoms with van der Waals surface area (Å²) in [5.74, 6) is -0.909. The summed E-state index contributed by atoms with van der Waals surface area (Å²) in [5.41, 5.74) is 11.4. The first-order valence-corrected chi connectivity index (χ1v) is 8.03. The van der Waals surface area contributed by atoms with E-state index in [2.05, 4.69) is 15.0 Å². The zero-order valence-electron chi connectivity index (χ0n) is 12.9. The number of esters is 1. The van der Waals surface area contributed by atoms with Gasteiger partial charge < -0.3 is 16.2 Å². The van der Waals surface area contributed by atoms with Crippen LogP contribution in [-0.2, 0) is 11.3 Å². The van der Waals surface area contributed by atoms with Crippen LogP contribution in [0.15, 0.2) is 41.8 Å². The largest absolute Gasteiger partial charge is 0.454 e. The molecule has 0 amide bonds. The van der Waals surface area contributed by atoms with Crippen molar-refractivity contribution in [2.24, 2.45) is 0 Å². The van der Waals surface area contributed by atoms with Crippen molar-refractivity contribution < 1.29 is 14.3 Å². The lowest BCUT2D eigenvalue weighted by Crippen LogP contribution is -2.14. The van der Waals surface area contributed by atoms with Crippen molar-refractivity contribution in [1.29, 1.82) is 0 Å². The van der Waals surface area contributed by atoms with Gasteiger partial charge in [0.15, 0.2) is 12.4 Å². The Kier molecular flexibility index (Phi) is 4.66. The fourth-order valence-corrected chi connectivity index (χ4v) is 2.81. The van der Waals surface area contributed by atoms with Crippen LogP contribution in [0.5, 0.6) is 0 Å². The molecule has 2 heterocycles. The average Bonchev–Trinajstić information content (AvgIpc) is 3.13. The van der Waals surface area contributed by atoms with Crippen molar-refractivity contribution in [3.63, 3.8) is 0 Å². The molecule has 0 saturated carbocycles. The molecule has 0 fully saturated rings. The van der Waals surface area contributed by atoms with Crippen molar-refractivity contribution in [3.8, 4) is 0 Å². The predicted molar refractivity (Wildman–Crippen MR) is 92.0 cm³/mol. The molecule has 0 radical (unpaired) electrons. The molecule has 8 nitrogen and oxygen atoms in total. The van der Waals surface area contributed by atoms with E-state index in [1.807, 2.05) is 0 Å². The highest BCUT2D eigenvalue weighted by Gasteiger charge is 2.20. The van der Waals surface area contributed by atoms with Gasteiger partial charge in [0, 0.05) is 5.56 Å². The van der Waals surface area contributed by atoms with Gasteiger partial charge in [0.1, 0.15) is 0 Å². The van der Waals surface area contributed by atoms with Gasteiger partial charge in [0.05, 0.1) is 10.4 Å². The van der Waals surface area contributed by atoms with E-state index in [1.54, 1.807) is 35.7 Å². The fraction of sp³-hybridized carbons (Fsp3) is 0.0625. The van der Waals surface area contributed by atoms with Crippen LogP contribution in [0.1, 0.15) is 31.4 Å². The van der Waals surface area contributed by atoms with E-state index in [-0.39, 0.29) is 41.2 Å². The summed E-state index contributed by atoms with van der Waals surface area (Å²) in [6, 6.07) is 9.92. The molecule has 0 unspecified atom stereocenters. The van der Waals surface area contributed by atoms with Crippen molar-refractivity contribution in [2.45, 2.75) is 6.61 Å². The minimum atomic E-state index is -0.668. The number of nitrogens with zero attached hydrogens (tertiary/aromatic N) is 3. The summed E-state index contributed by atoms with van der Waals surface area (Å²) in [6.45, 7) is -0.239. The molecule has 3 rings (SSSR count). The second kappa shape index (κ2) is 7.05. The minimum absolute atomic E-state index is 0.0631. The standard InChI is InChI=1S/C16H13N5O3S/c17-15-19-12(20-16(18)21-15)8-24-14(23)10-5-2-1-4-9(10)13(22)11-6-3-7-25-11/h1-7H,8H2,(H4,17,18,19,20,21). The number of nitrogens with two attached hydrogens (primary N) is 2. The van der Waals surface area contributed by atoms with Gasteiger partial charge in [-0.3, -0.25) is 4.79 Å². The van der Waals surface area contributed by atoms with Gasteiger partial charge in [-0.05, 0) is 17.5 Å². The van der Waals surface area contributed by atoms with Crippen molar-refractivity contribution >= 4 is 35.0 Å². The zero-order chi connectivity index (χ0) is 17.8. The van der Waals surface area contributed by atoms with Gasteiger partial charge in [0.25, 0.3) is 0 Å². The summed E-state index contributed by atoms with van der Waals surface area (Å²) in [4.78, 5) is 36.7. The molecule has 2 aromatic heterocycles. The third kappa shape index (κ3) is 3.78. The van der Waals surface area contributed by atoms with Gasteiger partial charge in [-0.1, -0.05) is 24.3 Å². The Morgan fingerprint density at radius 2 is 1.64 bits per heavy atom. The molecule has 0 aliphatic heterocycles.